The van der Waals surface area contributed by atoms with E-state index in [2.05, 4.69) is 16.0 Å². The summed E-state index contributed by atoms with van der Waals surface area (Å²) in [6.07, 6.45) is 0.0236. The fourth-order valence-electron chi connectivity index (χ4n) is 4.40. The second-order valence-corrected chi connectivity index (χ2v) is 11.2. The SMILES string of the molecule is CC[C@H](C)[C@H](NC(=O)CCC(=O)O)C(=O)NCC(=O)N1c2ccccc2C[C@H]1C(=O)N[C@H](C=O)CC(=O)OC(C)(C)C. The number of hydrogen-bond acceptors (Lipinski definition) is 8. The number of hydrogen-bond donors (Lipinski definition) is 4. The number of nitrogens with zero attached hydrogens (tertiary/aromatic N) is 1. The molecule has 0 fully saturated rings. The Morgan fingerprint density at radius 3 is 2.36 bits per heavy atom. The molecule has 1 heterocycles. The predicted octanol–water partition coefficient (Wildman–Crippen LogP) is 0.872. The number of amides is 4. The highest BCUT2D eigenvalue weighted by Gasteiger charge is 2.39. The second-order valence-electron chi connectivity index (χ2n) is 11.2. The first-order valence-corrected chi connectivity index (χ1v) is 13.8. The first kappa shape index (κ1) is 33.9. The third-order valence-corrected chi connectivity index (χ3v) is 6.64. The van der Waals surface area contributed by atoms with E-state index in [1.165, 1.54) is 4.90 Å². The van der Waals surface area contributed by atoms with E-state index in [0.29, 0.717) is 24.0 Å². The van der Waals surface area contributed by atoms with Gasteiger partial charge >= 0.3 is 11.9 Å². The fourth-order valence-corrected chi connectivity index (χ4v) is 4.40. The van der Waals surface area contributed by atoms with E-state index in [1.54, 1.807) is 52.0 Å². The molecule has 0 radical (unpaired) electrons. The molecule has 0 aliphatic carbocycles. The van der Waals surface area contributed by atoms with Crippen molar-refractivity contribution < 1.29 is 43.4 Å². The highest BCUT2D eigenvalue weighted by atomic mass is 16.6. The van der Waals surface area contributed by atoms with Gasteiger partial charge in [0, 0.05) is 18.5 Å². The summed E-state index contributed by atoms with van der Waals surface area (Å²) in [6.45, 7) is 8.09. The van der Waals surface area contributed by atoms with Crippen LogP contribution >= 0.6 is 0 Å². The lowest BCUT2D eigenvalue weighted by Crippen LogP contribution is -2.55. The number of carbonyl (C=O) groups excluding carboxylic acids is 6. The van der Waals surface area contributed by atoms with Gasteiger partial charge in [0.25, 0.3) is 0 Å². The number of aliphatic carboxylic acids is 1. The zero-order valence-electron chi connectivity index (χ0n) is 24.6. The molecule has 4 N–H and O–H groups in total. The summed E-state index contributed by atoms with van der Waals surface area (Å²) in [5.74, 6) is -4.63. The summed E-state index contributed by atoms with van der Waals surface area (Å²) >= 11 is 0. The van der Waals surface area contributed by atoms with Gasteiger partial charge in [-0.05, 0) is 38.3 Å². The monoisotopic (exact) mass is 588 g/mol. The van der Waals surface area contributed by atoms with Crippen LogP contribution in [0.15, 0.2) is 24.3 Å². The molecule has 13 heteroatoms. The van der Waals surface area contributed by atoms with E-state index in [9.17, 15) is 33.6 Å². The number of fused-ring (bicyclic) bond motifs is 1. The van der Waals surface area contributed by atoms with Crippen LogP contribution in [0, 0.1) is 5.92 Å². The second kappa shape index (κ2) is 15.1. The maximum Gasteiger partial charge on any atom is 0.308 e. The van der Waals surface area contributed by atoms with Gasteiger partial charge in [0.05, 0.1) is 25.4 Å². The highest BCUT2D eigenvalue weighted by molar-refractivity contribution is 6.05. The molecule has 1 aromatic carbocycles. The number of carbonyl (C=O) groups is 7. The molecule has 0 saturated heterocycles. The van der Waals surface area contributed by atoms with Crippen molar-refractivity contribution in [3.63, 3.8) is 0 Å². The van der Waals surface area contributed by atoms with Crippen LogP contribution in [0.1, 0.15) is 65.9 Å². The molecule has 4 atom stereocenters. The summed E-state index contributed by atoms with van der Waals surface area (Å²) in [5, 5.41) is 16.4. The smallest absolute Gasteiger partial charge is 0.308 e. The van der Waals surface area contributed by atoms with Crippen LogP contribution < -0.4 is 20.9 Å². The summed E-state index contributed by atoms with van der Waals surface area (Å²) in [4.78, 5) is 87.8. The number of nitrogens with one attached hydrogen (secondary N) is 3. The number of benzene rings is 1. The Morgan fingerprint density at radius 2 is 1.76 bits per heavy atom. The minimum atomic E-state index is -1.17. The largest absolute Gasteiger partial charge is 0.481 e. The van der Waals surface area contributed by atoms with Gasteiger partial charge in [-0.25, -0.2) is 0 Å². The third kappa shape index (κ3) is 9.96. The normalized spacial score (nSPS) is 16.3. The van der Waals surface area contributed by atoms with Crippen molar-refractivity contribution in [1.29, 1.82) is 0 Å². The van der Waals surface area contributed by atoms with Crippen molar-refractivity contribution in [2.24, 2.45) is 5.92 Å². The van der Waals surface area contributed by atoms with Crippen LogP contribution in [0.3, 0.4) is 0 Å². The highest BCUT2D eigenvalue weighted by Crippen LogP contribution is 2.32. The van der Waals surface area contributed by atoms with Crippen LogP contribution in [-0.4, -0.2) is 77.2 Å². The standard InChI is InChI=1S/C29H40N4O9/c1-6-17(2)26(32-22(35)11-12-24(37)38)28(41)30-15-23(36)33-20-10-8-7-9-18(20)13-21(33)27(40)31-19(16-34)14-25(39)42-29(3,4)5/h7-10,16-17,19,21,26H,6,11-15H2,1-5H3,(H,30,41)(H,31,40)(H,32,35)(H,37,38)/t17-,19-,21-,26-/m0/s1. The summed E-state index contributed by atoms with van der Waals surface area (Å²) in [5.41, 5.74) is 0.396. The Labute approximate surface area is 244 Å². The molecule has 0 saturated carbocycles. The number of carboxylic acids is 1. The third-order valence-electron chi connectivity index (χ3n) is 6.64. The van der Waals surface area contributed by atoms with Crippen LogP contribution in [0.5, 0.6) is 0 Å². The van der Waals surface area contributed by atoms with E-state index in [0.717, 1.165) is 0 Å². The molecular weight excluding hydrogens is 548 g/mol. The van der Waals surface area contributed by atoms with Crippen molar-refractivity contribution in [3.05, 3.63) is 29.8 Å². The number of ether oxygens (including phenoxy) is 1. The Morgan fingerprint density at radius 1 is 1.10 bits per heavy atom. The van der Waals surface area contributed by atoms with E-state index in [4.69, 9.17) is 9.84 Å². The quantitative estimate of drug-likeness (QED) is 0.181. The van der Waals surface area contributed by atoms with Crippen molar-refractivity contribution in [3.8, 4) is 0 Å². The van der Waals surface area contributed by atoms with E-state index >= 15 is 0 Å². The van der Waals surface area contributed by atoms with Gasteiger partial charge in [0.15, 0.2) is 0 Å². The lowest BCUT2D eigenvalue weighted by atomic mass is 9.98. The summed E-state index contributed by atoms with van der Waals surface area (Å²) in [7, 11) is 0. The number of anilines is 1. The molecule has 13 nitrogen and oxygen atoms in total. The van der Waals surface area contributed by atoms with Crippen molar-refractivity contribution in [1.82, 2.24) is 16.0 Å². The van der Waals surface area contributed by atoms with Gasteiger partial charge in [0.1, 0.15) is 24.0 Å². The van der Waals surface area contributed by atoms with E-state index in [1.807, 2.05) is 6.92 Å². The molecule has 1 aromatic rings. The van der Waals surface area contributed by atoms with Crippen LogP contribution in [0.4, 0.5) is 5.69 Å². The minimum Gasteiger partial charge on any atom is -0.481 e. The molecule has 0 unspecified atom stereocenters. The topological polar surface area (TPSA) is 188 Å². The number of para-hydroxylation sites is 1. The number of aldehydes is 1. The Balaban J connectivity index is 2.14. The molecule has 4 amide bonds. The predicted molar refractivity (Wildman–Crippen MR) is 151 cm³/mol. The first-order chi connectivity index (χ1) is 19.7. The lowest BCUT2D eigenvalue weighted by Gasteiger charge is -2.27. The molecule has 2 rings (SSSR count). The zero-order chi connectivity index (χ0) is 31.6. The summed E-state index contributed by atoms with van der Waals surface area (Å²) < 4.78 is 5.23. The molecule has 230 valence electrons. The van der Waals surface area contributed by atoms with Crippen molar-refractivity contribution in [2.45, 2.75) is 90.4 Å². The van der Waals surface area contributed by atoms with Crippen LogP contribution in [-0.2, 0) is 44.7 Å². The average Bonchev–Trinajstić information content (AvgIpc) is 3.31. The molecule has 0 aromatic heterocycles. The lowest BCUT2D eigenvalue weighted by molar-refractivity contribution is -0.156. The van der Waals surface area contributed by atoms with Crippen LogP contribution in [0.25, 0.3) is 0 Å². The van der Waals surface area contributed by atoms with E-state index in [-0.39, 0.29) is 31.6 Å². The van der Waals surface area contributed by atoms with Gasteiger partial charge in [-0.15, -0.1) is 0 Å². The number of rotatable bonds is 14. The molecule has 1 aliphatic rings. The average molecular weight is 589 g/mol. The van der Waals surface area contributed by atoms with Gasteiger partial charge < -0.3 is 30.6 Å². The Kier molecular flexibility index (Phi) is 12.2. The maximum atomic E-state index is 13.4. The molecular formula is C29H40N4O9. The minimum absolute atomic E-state index is 0.148. The molecule has 1 aliphatic heterocycles. The molecule has 0 bridgehead atoms. The molecule has 42 heavy (non-hydrogen) atoms. The molecule has 0 spiro atoms. The first-order valence-electron chi connectivity index (χ1n) is 13.8. The van der Waals surface area contributed by atoms with Gasteiger partial charge in [-0.2, -0.15) is 0 Å². The Bertz CT molecular complexity index is 1190. The van der Waals surface area contributed by atoms with Crippen LogP contribution in [0.2, 0.25) is 0 Å². The zero-order valence-corrected chi connectivity index (χ0v) is 24.6. The van der Waals surface area contributed by atoms with Crippen molar-refractivity contribution in [2.75, 3.05) is 11.4 Å². The number of esters is 1. The van der Waals surface area contributed by atoms with E-state index < -0.39 is 65.8 Å². The number of carboxylic acid groups (broad SMARTS) is 1. The van der Waals surface area contributed by atoms with Gasteiger partial charge in [0.2, 0.25) is 23.6 Å². The fraction of sp³-hybridized carbons (Fsp3) is 0.552. The summed E-state index contributed by atoms with van der Waals surface area (Å²) in [6, 6.07) is 3.64. The Hall–Kier alpha value is -4.29. The van der Waals surface area contributed by atoms with Gasteiger partial charge in [-0.3, -0.25) is 33.7 Å². The van der Waals surface area contributed by atoms with Gasteiger partial charge in [-0.1, -0.05) is 38.5 Å². The van der Waals surface area contributed by atoms with Crippen molar-refractivity contribution >= 4 is 47.5 Å². The maximum absolute atomic E-state index is 13.4.